The zero-order valence-corrected chi connectivity index (χ0v) is 17.8. The molecule has 1 aliphatic heterocycles. The molecule has 0 spiro atoms. The summed E-state index contributed by atoms with van der Waals surface area (Å²) in [5, 5.41) is 8.13. The molecule has 0 saturated carbocycles. The number of nitrogens with zero attached hydrogens (tertiary/aromatic N) is 2. The van der Waals surface area contributed by atoms with Crippen molar-refractivity contribution in [3.05, 3.63) is 54.1 Å². The highest BCUT2D eigenvalue weighted by atomic mass is 32.2. The van der Waals surface area contributed by atoms with Crippen LogP contribution in [0.4, 0.5) is 0 Å². The number of nitrogens with one attached hydrogen (secondary N) is 1. The van der Waals surface area contributed by atoms with Gasteiger partial charge in [0.05, 0.1) is 7.11 Å². The van der Waals surface area contributed by atoms with Gasteiger partial charge in [-0.3, -0.25) is 9.59 Å². The highest BCUT2D eigenvalue weighted by molar-refractivity contribution is 8.14. The first kappa shape index (κ1) is 21.5. The smallest absolute Gasteiger partial charge is 0.241 e. The van der Waals surface area contributed by atoms with Gasteiger partial charge in [0.2, 0.25) is 11.8 Å². The van der Waals surface area contributed by atoms with Crippen molar-refractivity contribution in [3.8, 4) is 17.2 Å². The average Bonchev–Trinajstić information content (AvgIpc) is 3.15. The first-order chi connectivity index (χ1) is 14.5. The summed E-state index contributed by atoms with van der Waals surface area (Å²) in [6, 6.07) is 14.8. The van der Waals surface area contributed by atoms with Crippen LogP contribution in [0, 0.1) is 0 Å². The first-order valence-corrected chi connectivity index (χ1v) is 10.2. The minimum Gasteiger partial charge on any atom is -0.493 e. The maximum absolute atomic E-state index is 12.1. The molecular weight excluding hydrogens is 406 g/mol. The summed E-state index contributed by atoms with van der Waals surface area (Å²) in [5.74, 6) is 1.43. The molecule has 0 aliphatic carbocycles. The van der Waals surface area contributed by atoms with Gasteiger partial charge < -0.3 is 19.5 Å². The SMILES string of the molecule is COc1ccccc1OCCOc1ccccc1C1SC(NC(C)=O)=NN1C(C)=O. The number of benzene rings is 2. The minimum absolute atomic E-state index is 0.234. The summed E-state index contributed by atoms with van der Waals surface area (Å²) in [6.45, 7) is 3.44. The predicted octanol–water partition coefficient (Wildman–Crippen LogP) is 3.15. The van der Waals surface area contributed by atoms with Gasteiger partial charge >= 0.3 is 0 Å². The molecule has 30 heavy (non-hydrogen) atoms. The summed E-state index contributed by atoms with van der Waals surface area (Å²) in [6.07, 6.45) is 0. The Morgan fingerprint density at radius 3 is 2.23 bits per heavy atom. The second-order valence-electron chi connectivity index (χ2n) is 6.31. The topological polar surface area (TPSA) is 89.5 Å². The third-order valence-corrected chi connectivity index (χ3v) is 5.19. The molecule has 1 N–H and O–H groups in total. The number of amides is 2. The van der Waals surface area contributed by atoms with Gasteiger partial charge in [0.1, 0.15) is 24.3 Å². The Labute approximate surface area is 179 Å². The largest absolute Gasteiger partial charge is 0.493 e. The number of thioether (sulfide) groups is 1. The predicted molar refractivity (Wildman–Crippen MR) is 115 cm³/mol. The van der Waals surface area contributed by atoms with Gasteiger partial charge in [-0.05, 0) is 18.2 Å². The van der Waals surface area contributed by atoms with Crippen LogP contribution < -0.4 is 19.5 Å². The van der Waals surface area contributed by atoms with E-state index in [4.69, 9.17) is 14.2 Å². The number of methoxy groups -OCH3 is 1. The highest BCUT2D eigenvalue weighted by Crippen LogP contribution is 2.42. The van der Waals surface area contributed by atoms with Crippen LogP contribution in [-0.2, 0) is 9.59 Å². The van der Waals surface area contributed by atoms with Crippen molar-refractivity contribution in [2.45, 2.75) is 19.2 Å². The zero-order valence-electron chi connectivity index (χ0n) is 17.0. The third-order valence-electron chi connectivity index (χ3n) is 4.10. The Bertz CT molecular complexity index is 950. The summed E-state index contributed by atoms with van der Waals surface area (Å²) in [5.41, 5.74) is 0.777. The lowest BCUT2D eigenvalue weighted by molar-refractivity contribution is -0.129. The standard InChI is InChI=1S/C21H23N3O5S/c1-14(25)22-21-23-24(15(2)26)20(30-21)16-8-4-5-9-17(16)28-12-13-29-19-11-7-6-10-18(19)27-3/h4-11,20H,12-13H2,1-3H3,(H,22,23,25). The second-order valence-corrected chi connectivity index (χ2v) is 7.37. The van der Waals surface area contributed by atoms with Crippen molar-refractivity contribution in [2.24, 2.45) is 5.10 Å². The molecule has 0 radical (unpaired) electrons. The lowest BCUT2D eigenvalue weighted by Crippen LogP contribution is -2.25. The van der Waals surface area contributed by atoms with Crippen LogP contribution in [0.25, 0.3) is 0 Å². The summed E-state index contributed by atoms with van der Waals surface area (Å²) < 4.78 is 16.9. The van der Waals surface area contributed by atoms with E-state index in [1.165, 1.54) is 30.6 Å². The molecule has 8 nitrogen and oxygen atoms in total. The van der Waals surface area contributed by atoms with Crippen LogP contribution in [0.1, 0.15) is 24.8 Å². The number of hydrazone groups is 1. The Morgan fingerprint density at radius 2 is 1.60 bits per heavy atom. The van der Waals surface area contributed by atoms with E-state index in [1.807, 2.05) is 48.5 Å². The fourth-order valence-corrected chi connectivity index (χ4v) is 3.99. The Kier molecular flexibility index (Phi) is 7.18. The maximum Gasteiger partial charge on any atom is 0.241 e. The first-order valence-electron chi connectivity index (χ1n) is 9.29. The van der Waals surface area contributed by atoms with Crippen LogP contribution in [0.3, 0.4) is 0 Å². The van der Waals surface area contributed by atoms with E-state index in [0.29, 0.717) is 35.6 Å². The van der Waals surface area contributed by atoms with Gasteiger partial charge in [-0.15, -0.1) is 5.10 Å². The fraction of sp³-hybridized carbons (Fsp3) is 0.286. The number of hydrogen-bond acceptors (Lipinski definition) is 7. The van der Waals surface area contributed by atoms with Gasteiger partial charge in [-0.2, -0.15) is 0 Å². The van der Waals surface area contributed by atoms with Crippen LogP contribution >= 0.6 is 11.8 Å². The van der Waals surface area contributed by atoms with Crippen molar-refractivity contribution in [3.63, 3.8) is 0 Å². The minimum atomic E-state index is -0.435. The third kappa shape index (κ3) is 5.24. The van der Waals surface area contributed by atoms with E-state index in [0.717, 1.165) is 5.56 Å². The number of rotatable bonds is 7. The van der Waals surface area contributed by atoms with E-state index < -0.39 is 5.37 Å². The van der Waals surface area contributed by atoms with E-state index in [1.54, 1.807) is 7.11 Å². The van der Waals surface area contributed by atoms with E-state index in [2.05, 4.69) is 10.4 Å². The maximum atomic E-state index is 12.1. The summed E-state index contributed by atoms with van der Waals surface area (Å²) in [7, 11) is 1.59. The van der Waals surface area contributed by atoms with Crippen LogP contribution in [0.15, 0.2) is 53.6 Å². The molecule has 3 rings (SSSR count). The quantitative estimate of drug-likeness (QED) is 0.680. The molecule has 0 saturated heterocycles. The Hall–Kier alpha value is -3.20. The molecule has 158 valence electrons. The Morgan fingerprint density at radius 1 is 1.00 bits per heavy atom. The van der Waals surface area contributed by atoms with E-state index in [9.17, 15) is 9.59 Å². The molecule has 0 bridgehead atoms. The lowest BCUT2D eigenvalue weighted by Gasteiger charge is -2.22. The van der Waals surface area contributed by atoms with Crippen LogP contribution in [0.2, 0.25) is 0 Å². The number of carbonyl (C=O) groups is 2. The monoisotopic (exact) mass is 429 g/mol. The van der Waals surface area contributed by atoms with Gasteiger partial charge in [0.15, 0.2) is 16.7 Å². The second kappa shape index (κ2) is 10.0. The molecule has 1 heterocycles. The van der Waals surface area contributed by atoms with Crippen molar-refractivity contribution < 1.29 is 23.8 Å². The molecule has 1 unspecified atom stereocenters. The number of para-hydroxylation sites is 3. The Balaban J connectivity index is 1.67. The van der Waals surface area contributed by atoms with Gasteiger partial charge in [0, 0.05) is 19.4 Å². The van der Waals surface area contributed by atoms with Crippen molar-refractivity contribution in [1.82, 2.24) is 10.3 Å². The van der Waals surface area contributed by atoms with Crippen molar-refractivity contribution in [1.29, 1.82) is 0 Å². The summed E-state index contributed by atoms with van der Waals surface area (Å²) in [4.78, 5) is 23.4. The molecule has 1 atom stereocenters. The number of hydrogen-bond donors (Lipinski definition) is 1. The van der Waals surface area contributed by atoms with Crippen LogP contribution in [0.5, 0.6) is 17.2 Å². The zero-order chi connectivity index (χ0) is 21.5. The molecule has 2 amide bonds. The van der Waals surface area contributed by atoms with Gasteiger partial charge in [0.25, 0.3) is 0 Å². The van der Waals surface area contributed by atoms with Crippen LogP contribution in [-0.4, -0.2) is 42.3 Å². The van der Waals surface area contributed by atoms with Crippen molar-refractivity contribution in [2.75, 3.05) is 20.3 Å². The van der Waals surface area contributed by atoms with Gasteiger partial charge in [-0.1, -0.05) is 42.1 Å². The lowest BCUT2D eigenvalue weighted by atomic mass is 10.2. The normalized spacial score (nSPS) is 15.4. The summed E-state index contributed by atoms with van der Waals surface area (Å²) >= 11 is 1.28. The average molecular weight is 429 g/mol. The number of ether oxygens (including phenoxy) is 3. The number of carbonyl (C=O) groups excluding carboxylic acids is 2. The fourth-order valence-electron chi connectivity index (χ4n) is 2.82. The van der Waals surface area contributed by atoms with E-state index in [-0.39, 0.29) is 11.8 Å². The molecule has 1 aliphatic rings. The van der Waals surface area contributed by atoms with Gasteiger partial charge in [-0.25, -0.2) is 5.01 Å². The molecule has 2 aromatic rings. The molecule has 2 aromatic carbocycles. The highest BCUT2D eigenvalue weighted by Gasteiger charge is 2.34. The van der Waals surface area contributed by atoms with Crippen molar-refractivity contribution >= 4 is 28.7 Å². The molecule has 0 fully saturated rings. The van der Waals surface area contributed by atoms with E-state index >= 15 is 0 Å². The molecular formula is C21H23N3O5S. The number of amidine groups is 1. The molecule has 9 heteroatoms. The molecule has 0 aromatic heterocycles.